The fourth-order valence-electron chi connectivity index (χ4n) is 3.76. The van der Waals surface area contributed by atoms with Crippen LogP contribution in [0.3, 0.4) is 0 Å². The number of nitrogens with one attached hydrogen (secondary N) is 1. The molecule has 0 radical (unpaired) electrons. The van der Waals surface area contributed by atoms with Crippen LogP contribution in [0.15, 0.2) is 77.7 Å². The van der Waals surface area contributed by atoms with Crippen LogP contribution in [-0.4, -0.2) is 41.7 Å². The first-order valence-electron chi connectivity index (χ1n) is 10.3. The third kappa shape index (κ3) is 4.77. The SMILES string of the molecule is COc1ccc(N2CCN(c3ccccc3NS(=O)(=O)c3ccc(C)cc3)CC2)cc1. The van der Waals surface area contributed by atoms with E-state index in [9.17, 15) is 8.42 Å². The summed E-state index contributed by atoms with van der Waals surface area (Å²) in [5.74, 6) is 0.845. The summed E-state index contributed by atoms with van der Waals surface area (Å²) in [5.41, 5.74) is 3.68. The highest BCUT2D eigenvalue weighted by atomic mass is 32.2. The van der Waals surface area contributed by atoms with Crippen LogP contribution in [0.25, 0.3) is 0 Å². The standard InChI is InChI=1S/C24H27N3O3S/c1-19-7-13-22(14-8-19)31(28,29)25-23-5-3-4-6-24(23)27-17-15-26(16-18-27)20-9-11-21(30-2)12-10-20/h3-14,25H,15-18H2,1-2H3. The zero-order valence-corrected chi connectivity index (χ0v) is 18.6. The first-order chi connectivity index (χ1) is 15.0. The zero-order valence-electron chi connectivity index (χ0n) is 17.8. The van der Waals surface area contributed by atoms with Crippen molar-refractivity contribution in [2.45, 2.75) is 11.8 Å². The minimum Gasteiger partial charge on any atom is -0.497 e. The predicted molar refractivity (Wildman–Crippen MR) is 126 cm³/mol. The lowest BCUT2D eigenvalue weighted by Crippen LogP contribution is -2.46. The molecule has 0 aromatic heterocycles. The van der Waals surface area contributed by atoms with Crippen molar-refractivity contribution in [3.63, 3.8) is 0 Å². The molecular formula is C24H27N3O3S. The van der Waals surface area contributed by atoms with Crippen LogP contribution in [-0.2, 0) is 10.0 Å². The number of rotatable bonds is 6. The van der Waals surface area contributed by atoms with Crippen molar-refractivity contribution >= 4 is 27.1 Å². The van der Waals surface area contributed by atoms with Gasteiger partial charge in [0.2, 0.25) is 0 Å². The Bertz CT molecular complexity index is 1120. The Balaban J connectivity index is 1.48. The average molecular weight is 438 g/mol. The highest BCUT2D eigenvalue weighted by Crippen LogP contribution is 2.30. The smallest absolute Gasteiger partial charge is 0.261 e. The van der Waals surface area contributed by atoms with Gasteiger partial charge in [0.25, 0.3) is 10.0 Å². The number of hydrogen-bond acceptors (Lipinski definition) is 5. The third-order valence-electron chi connectivity index (χ3n) is 5.54. The van der Waals surface area contributed by atoms with Crippen LogP contribution in [0.2, 0.25) is 0 Å². The molecule has 6 nitrogen and oxygen atoms in total. The Morgan fingerprint density at radius 2 is 1.42 bits per heavy atom. The van der Waals surface area contributed by atoms with E-state index in [1.807, 2.05) is 43.3 Å². The highest BCUT2D eigenvalue weighted by molar-refractivity contribution is 7.92. The number of aryl methyl sites for hydroxylation is 1. The van der Waals surface area contributed by atoms with Crippen LogP contribution in [0.4, 0.5) is 17.1 Å². The molecule has 1 N–H and O–H groups in total. The molecule has 4 rings (SSSR count). The number of anilines is 3. The maximum Gasteiger partial charge on any atom is 0.261 e. The number of sulfonamides is 1. The van der Waals surface area contributed by atoms with E-state index in [0.29, 0.717) is 5.69 Å². The van der Waals surface area contributed by atoms with Crippen molar-refractivity contribution in [1.29, 1.82) is 0 Å². The molecule has 1 fully saturated rings. The maximum atomic E-state index is 12.9. The Kier molecular flexibility index (Phi) is 6.04. The molecule has 1 aliphatic rings. The number of ether oxygens (including phenoxy) is 1. The number of methoxy groups -OCH3 is 1. The monoisotopic (exact) mass is 437 g/mol. The van der Waals surface area contributed by atoms with Crippen molar-refractivity contribution in [3.05, 3.63) is 78.4 Å². The van der Waals surface area contributed by atoms with Crippen molar-refractivity contribution in [1.82, 2.24) is 0 Å². The summed E-state index contributed by atoms with van der Waals surface area (Å²) in [7, 11) is -1.99. The van der Waals surface area contributed by atoms with Crippen molar-refractivity contribution in [2.75, 3.05) is 47.8 Å². The maximum absolute atomic E-state index is 12.9. The molecule has 0 amide bonds. The normalized spacial score (nSPS) is 14.4. The molecule has 1 heterocycles. The minimum absolute atomic E-state index is 0.261. The van der Waals surface area contributed by atoms with Gasteiger partial charge in [0, 0.05) is 31.9 Å². The molecule has 162 valence electrons. The number of hydrogen-bond donors (Lipinski definition) is 1. The first-order valence-corrected chi connectivity index (χ1v) is 11.8. The van der Waals surface area contributed by atoms with Crippen LogP contribution in [0.5, 0.6) is 5.75 Å². The molecule has 0 aliphatic carbocycles. The summed E-state index contributed by atoms with van der Waals surface area (Å²) in [5, 5.41) is 0. The van der Waals surface area contributed by atoms with E-state index >= 15 is 0 Å². The molecule has 3 aromatic rings. The number of benzene rings is 3. The van der Waals surface area contributed by atoms with Gasteiger partial charge in [0.1, 0.15) is 5.75 Å². The molecule has 0 unspecified atom stereocenters. The largest absolute Gasteiger partial charge is 0.497 e. The van der Waals surface area contributed by atoms with E-state index in [1.165, 1.54) is 0 Å². The zero-order chi connectivity index (χ0) is 21.8. The average Bonchev–Trinajstić information content (AvgIpc) is 2.80. The van der Waals surface area contributed by atoms with E-state index in [4.69, 9.17) is 4.74 Å². The quantitative estimate of drug-likeness (QED) is 0.628. The van der Waals surface area contributed by atoms with Gasteiger partial charge < -0.3 is 14.5 Å². The molecule has 0 bridgehead atoms. The fourth-order valence-corrected chi connectivity index (χ4v) is 4.83. The predicted octanol–water partition coefficient (Wildman–Crippen LogP) is 4.13. The molecule has 3 aromatic carbocycles. The van der Waals surface area contributed by atoms with Crippen molar-refractivity contribution < 1.29 is 13.2 Å². The third-order valence-corrected chi connectivity index (χ3v) is 6.92. The van der Waals surface area contributed by atoms with Gasteiger partial charge in [-0.3, -0.25) is 4.72 Å². The summed E-state index contributed by atoms with van der Waals surface area (Å²) in [4.78, 5) is 4.82. The Hall–Kier alpha value is -3.19. The van der Waals surface area contributed by atoms with Gasteiger partial charge >= 0.3 is 0 Å². The molecule has 0 atom stereocenters. The first kappa shape index (κ1) is 21.1. The van der Waals surface area contributed by atoms with Gasteiger partial charge in [-0.15, -0.1) is 0 Å². The van der Waals surface area contributed by atoms with Crippen LogP contribution in [0.1, 0.15) is 5.56 Å². The van der Waals surface area contributed by atoms with Gasteiger partial charge in [0.15, 0.2) is 0 Å². The topological polar surface area (TPSA) is 61.9 Å². The lowest BCUT2D eigenvalue weighted by atomic mass is 10.2. The van der Waals surface area contributed by atoms with Crippen LogP contribution >= 0.6 is 0 Å². The molecule has 31 heavy (non-hydrogen) atoms. The Labute approximate surface area is 184 Å². The van der Waals surface area contributed by atoms with Gasteiger partial charge in [-0.1, -0.05) is 29.8 Å². The Morgan fingerprint density at radius 1 is 0.806 bits per heavy atom. The molecule has 1 saturated heterocycles. The summed E-state index contributed by atoms with van der Waals surface area (Å²) < 4.78 is 33.8. The lowest BCUT2D eigenvalue weighted by Gasteiger charge is -2.38. The second-order valence-electron chi connectivity index (χ2n) is 7.61. The molecular weight excluding hydrogens is 410 g/mol. The van der Waals surface area contributed by atoms with Gasteiger partial charge in [-0.2, -0.15) is 0 Å². The second kappa shape index (κ2) is 8.89. The van der Waals surface area contributed by atoms with Crippen LogP contribution in [0, 0.1) is 6.92 Å². The van der Waals surface area contributed by atoms with E-state index in [0.717, 1.165) is 48.9 Å². The van der Waals surface area contributed by atoms with Crippen LogP contribution < -0.4 is 19.3 Å². The van der Waals surface area contributed by atoms with E-state index in [2.05, 4.69) is 26.7 Å². The van der Waals surface area contributed by atoms with Crippen molar-refractivity contribution in [2.24, 2.45) is 0 Å². The Morgan fingerprint density at radius 3 is 2.06 bits per heavy atom. The summed E-state index contributed by atoms with van der Waals surface area (Å²) >= 11 is 0. The fraction of sp³-hybridized carbons (Fsp3) is 0.250. The van der Waals surface area contributed by atoms with E-state index in [1.54, 1.807) is 31.4 Å². The van der Waals surface area contributed by atoms with Gasteiger partial charge in [0.05, 0.1) is 23.4 Å². The van der Waals surface area contributed by atoms with E-state index < -0.39 is 10.0 Å². The summed E-state index contributed by atoms with van der Waals surface area (Å²) in [6, 6.07) is 22.5. The lowest BCUT2D eigenvalue weighted by molar-refractivity contribution is 0.415. The molecule has 0 saturated carbocycles. The number of nitrogens with zero attached hydrogens (tertiary/aromatic N) is 2. The van der Waals surface area contributed by atoms with Gasteiger partial charge in [-0.05, 0) is 55.5 Å². The summed E-state index contributed by atoms with van der Waals surface area (Å²) in [6.45, 7) is 5.24. The van der Waals surface area contributed by atoms with E-state index in [-0.39, 0.29) is 4.90 Å². The molecule has 7 heteroatoms. The number of piperazine rings is 1. The van der Waals surface area contributed by atoms with Crippen molar-refractivity contribution in [3.8, 4) is 5.75 Å². The second-order valence-corrected chi connectivity index (χ2v) is 9.29. The van der Waals surface area contributed by atoms with Gasteiger partial charge in [-0.25, -0.2) is 8.42 Å². The highest BCUT2D eigenvalue weighted by Gasteiger charge is 2.22. The molecule has 1 aliphatic heterocycles. The molecule has 0 spiro atoms. The summed E-state index contributed by atoms with van der Waals surface area (Å²) in [6.07, 6.45) is 0. The minimum atomic E-state index is -3.65. The number of para-hydroxylation sites is 2.